The van der Waals surface area contributed by atoms with Crippen molar-refractivity contribution in [2.24, 2.45) is 0 Å². The number of hydrogen-bond acceptors (Lipinski definition) is 3. The van der Waals surface area contributed by atoms with Crippen molar-refractivity contribution >= 4 is 18.0 Å². The topological polar surface area (TPSA) is 107 Å². The maximum atomic E-state index is 12.0. The van der Waals surface area contributed by atoms with Crippen LogP contribution in [0.1, 0.15) is 23.2 Å². The Morgan fingerprint density at radius 2 is 1.76 bits per heavy atom. The third-order valence-electron chi connectivity index (χ3n) is 3.48. The molecule has 3 N–H and O–H groups in total. The number of carboxylic acid groups (broad SMARTS) is 2. The Balaban J connectivity index is 2.01. The van der Waals surface area contributed by atoms with Gasteiger partial charge in [-0.25, -0.2) is 9.59 Å². The van der Waals surface area contributed by atoms with E-state index in [1.165, 1.54) is 0 Å². The van der Waals surface area contributed by atoms with Crippen LogP contribution in [-0.2, 0) is 4.79 Å². The fraction of sp³-hybridized carbons (Fsp3) is 0.357. The van der Waals surface area contributed by atoms with Crippen LogP contribution in [0.25, 0.3) is 0 Å². The Morgan fingerprint density at radius 1 is 1.10 bits per heavy atom. The van der Waals surface area contributed by atoms with Gasteiger partial charge in [-0.05, 0) is 25.0 Å². The van der Waals surface area contributed by atoms with Gasteiger partial charge >= 0.3 is 12.1 Å². The molecule has 0 aromatic heterocycles. The molecule has 0 bridgehead atoms. The zero-order valence-electron chi connectivity index (χ0n) is 11.2. The predicted molar refractivity (Wildman–Crippen MR) is 73.1 cm³/mol. The average Bonchev–Trinajstić information content (AvgIpc) is 2.47. The lowest BCUT2D eigenvalue weighted by Crippen LogP contribution is -2.55. The van der Waals surface area contributed by atoms with E-state index in [4.69, 9.17) is 10.2 Å². The Labute approximate surface area is 121 Å². The maximum absolute atomic E-state index is 12.0. The number of carboxylic acids is 1. The number of nitrogens with one attached hydrogen (secondary N) is 1. The first-order valence-electron chi connectivity index (χ1n) is 6.57. The third kappa shape index (κ3) is 3.50. The molecule has 112 valence electrons. The van der Waals surface area contributed by atoms with Gasteiger partial charge in [0.05, 0.1) is 0 Å². The van der Waals surface area contributed by atoms with Crippen LogP contribution >= 0.6 is 0 Å². The predicted octanol–water partition coefficient (Wildman–Crippen LogP) is 1.01. The van der Waals surface area contributed by atoms with Crippen LogP contribution in [0.15, 0.2) is 30.3 Å². The Morgan fingerprint density at radius 3 is 2.33 bits per heavy atom. The molecule has 1 aliphatic heterocycles. The minimum absolute atomic E-state index is 0.0229. The molecule has 2 unspecified atom stereocenters. The standard InChI is InChI=1S/C14H16N2O5/c17-12(9-4-2-1-3-5-9)15-10-6-7-11(13(18)19)16(8-10)14(20)21/h1-5,10-11H,6-8H2,(H,15,17)(H,18,19)(H,20,21). The first kappa shape index (κ1) is 14.8. The molecule has 21 heavy (non-hydrogen) atoms. The van der Waals surface area contributed by atoms with Gasteiger partial charge in [-0.1, -0.05) is 18.2 Å². The molecule has 7 heteroatoms. The first-order chi connectivity index (χ1) is 9.99. The minimum Gasteiger partial charge on any atom is -0.480 e. The van der Waals surface area contributed by atoms with E-state index in [1.54, 1.807) is 30.3 Å². The number of hydrogen-bond donors (Lipinski definition) is 3. The van der Waals surface area contributed by atoms with Gasteiger partial charge in [0.2, 0.25) is 0 Å². The summed E-state index contributed by atoms with van der Waals surface area (Å²) in [6, 6.07) is 7.15. The summed E-state index contributed by atoms with van der Waals surface area (Å²) in [5.74, 6) is -1.45. The number of likely N-dealkylation sites (tertiary alicyclic amines) is 1. The monoisotopic (exact) mass is 292 g/mol. The van der Waals surface area contributed by atoms with Crippen molar-refractivity contribution in [3.63, 3.8) is 0 Å². The van der Waals surface area contributed by atoms with E-state index in [0.29, 0.717) is 12.0 Å². The number of nitrogens with zero attached hydrogens (tertiary/aromatic N) is 1. The van der Waals surface area contributed by atoms with E-state index in [1.807, 2.05) is 0 Å². The zero-order chi connectivity index (χ0) is 15.4. The van der Waals surface area contributed by atoms with Crippen molar-refractivity contribution in [1.29, 1.82) is 0 Å². The first-order valence-corrected chi connectivity index (χ1v) is 6.57. The fourth-order valence-corrected chi connectivity index (χ4v) is 2.42. The van der Waals surface area contributed by atoms with Crippen molar-refractivity contribution in [3.8, 4) is 0 Å². The van der Waals surface area contributed by atoms with Crippen LogP contribution < -0.4 is 5.32 Å². The number of rotatable bonds is 3. The van der Waals surface area contributed by atoms with Crippen molar-refractivity contribution in [2.45, 2.75) is 24.9 Å². The Bertz CT molecular complexity index is 546. The SMILES string of the molecule is O=C(NC1CCC(C(=O)O)N(C(=O)O)C1)c1ccccc1. The number of piperidine rings is 1. The second-order valence-electron chi connectivity index (χ2n) is 4.90. The lowest BCUT2D eigenvalue weighted by Gasteiger charge is -2.35. The summed E-state index contributed by atoms with van der Waals surface area (Å²) < 4.78 is 0. The van der Waals surface area contributed by atoms with Crippen molar-refractivity contribution in [2.75, 3.05) is 6.54 Å². The number of benzene rings is 1. The summed E-state index contributed by atoms with van der Waals surface area (Å²) in [6.07, 6.45) is -0.679. The molecule has 0 aliphatic carbocycles. The van der Waals surface area contributed by atoms with Gasteiger partial charge in [-0.3, -0.25) is 9.69 Å². The van der Waals surface area contributed by atoms with Gasteiger partial charge in [-0.15, -0.1) is 0 Å². The third-order valence-corrected chi connectivity index (χ3v) is 3.48. The molecular formula is C14H16N2O5. The molecule has 0 radical (unpaired) electrons. The summed E-state index contributed by atoms with van der Waals surface area (Å²) in [4.78, 5) is 35.0. The summed E-state index contributed by atoms with van der Waals surface area (Å²) in [5, 5.41) is 20.8. The highest BCUT2D eigenvalue weighted by atomic mass is 16.4. The summed E-state index contributed by atoms with van der Waals surface area (Å²) in [5.41, 5.74) is 0.486. The normalized spacial score (nSPS) is 21.6. The van der Waals surface area contributed by atoms with Gasteiger partial charge in [0.25, 0.3) is 5.91 Å². The van der Waals surface area contributed by atoms with Gasteiger partial charge in [-0.2, -0.15) is 0 Å². The van der Waals surface area contributed by atoms with Crippen molar-refractivity contribution in [1.82, 2.24) is 10.2 Å². The fourth-order valence-electron chi connectivity index (χ4n) is 2.42. The van der Waals surface area contributed by atoms with E-state index >= 15 is 0 Å². The molecule has 1 heterocycles. The second-order valence-corrected chi connectivity index (χ2v) is 4.90. The maximum Gasteiger partial charge on any atom is 0.408 e. The van der Waals surface area contributed by atoms with Gasteiger partial charge in [0.1, 0.15) is 6.04 Å². The van der Waals surface area contributed by atoms with Gasteiger partial charge in [0, 0.05) is 18.2 Å². The number of aliphatic carboxylic acids is 1. The van der Waals surface area contributed by atoms with E-state index in [2.05, 4.69) is 5.32 Å². The molecule has 1 aliphatic rings. The van der Waals surface area contributed by atoms with Crippen molar-refractivity contribution < 1.29 is 24.6 Å². The summed E-state index contributed by atoms with van der Waals surface area (Å²) in [7, 11) is 0. The van der Waals surface area contributed by atoms with Gasteiger partial charge < -0.3 is 15.5 Å². The van der Waals surface area contributed by atoms with Crippen LogP contribution in [0, 0.1) is 0 Å². The van der Waals surface area contributed by atoms with Crippen LogP contribution in [0.5, 0.6) is 0 Å². The molecule has 2 atom stereocenters. The molecule has 1 saturated heterocycles. The molecule has 0 spiro atoms. The number of carbonyl (C=O) groups is 3. The van der Waals surface area contributed by atoms with E-state index in [0.717, 1.165) is 4.90 Å². The second kappa shape index (κ2) is 6.25. The van der Waals surface area contributed by atoms with Gasteiger partial charge in [0.15, 0.2) is 0 Å². The summed E-state index contributed by atoms with van der Waals surface area (Å²) in [6.45, 7) is -0.0229. The van der Waals surface area contributed by atoms with E-state index in [-0.39, 0.29) is 24.9 Å². The highest BCUT2D eigenvalue weighted by Gasteiger charge is 2.36. The van der Waals surface area contributed by atoms with Crippen LogP contribution in [0.2, 0.25) is 0 Å². The molecule has 7 nitrogen and oxygen atoms in total. The smallest absolute Gasteiger partial charge is 0.408 e. The average molecular weight is 292 g/mol. The van der Waals surface area contributed by atoms with Crippen LogP contribution in [-0.4, -0.2) is 51.7 Å². The van der Waals surface area contributed by atoms with Crippen molar-refractivity contribution in [3.05, 3.63) is 35.9 Å². The molecule has 1 aromatic rings. The highest BCUT2D eigenvalue weighted by Crippen LogP contribution is 2.18. The lowest BCUT2D eigenvalue weighted by molar-refractivity contribution is -0.143. The largest absolute Gasteiger partial charge is 0.480 e. The Hall–Kier alpha value is -2.57. The molecule has 2 amide bonds. The summed E-state index contributed by atoms with van der Waals surface area (Å²) >= 11 is 0. The Kier molecular flexibility index (Phi) is 4.42. The molecule has 1 fully saturated rings. The lowest BCUT2D eigenvalue weighted by atomic mass is 9.98. The number of amides is 2. The van der Waals surface area contributed by atoms with E-state index in [9.17, 15) is 14.4 Å². The number of carbonyl (C=O) groups excluding carboxylic acids is 1. The molecular weight excluding hydrogens is 276 g/mol. The minimum atomic E-state index is -1.29. The molecule has 2 rings (SSSR count). The molecule has 1 aromatic carbocycles. The van der Waals surface area contributed by atoms with Crippen LogP contribution in [0.4, 0.5) is 4.79 Å². The highest BCUT2D eigenvalue weighted by molar-refractivity contribution is 5.94. The quantitative estimate of drug-likeness (QED) is 0.770. The zero-order valence-corrected chi connectivity index (χ0v) is 11.2. The van der Waals surface area contributed by atoms with E-state index < -0.39 is 18.1 Å². The molecule has 0 saturated carbocycles. The van der Waals surface area contributed by atoms with Crippen LogP contribution in [0.3, 0.4) is 0 Å².